The van der Waals surface area contributed by atoms with Gasteiger partial charge in [0.15, 0.2) is 0 Å². The SMILES string of the molecule is CCNC(=O)N1CCC(NCc2sccc2Br)C1. The van der Waals surface area contributed by atoms with Crippen molar-refractivity contribution in [3.05, 3.63) is 20.8 Å². The molecule has 1 fully saturated rings. The molecule has 1 atom stereocenters. The van der Waals surface area contributed by atoms with Crippen LogP contribution in [0.15, 0.2) is 15.9 Å². The summed E-state index contributed by atoms with van der Waals surface area (Å²) in [5, 5.41) is 8.43. The van der Waals surface area contributed by atoms with E-state index in [0.29, 0.717) is 12.6 Å². The van der Waals surface area contributed by atoms with Crippen molar-refractivity contribution in [1.82, 2.24) is 15.5 Å². The van der Waals surface area contributed by atoms with Crippen molar-refractivity contribution in [3.63, 3.8) is 0 Å². The summed E-state index contributed by atoms with van der Waals surface area (Å²) >= 11 is 5.27. The van der Waals surface area contributed by atoms with Gasteiger partial charge < -0.3 is 15.5 Å². The number of urea groups is 1. The standard InChI is InChI=1S/C12H18BrN3OS/c1-2-14-12(17)16-5-3-9(8-16)15-7-11-10(13)4-6-18-11/h4,6,9,15H,2-3,5,7-8H2,1H3,(H,14,17). The molecule has 0 saturated carbocycles. The third-order valence-corrected chi connectivity index (χ3v) is 4.97. The van der Waals surface area contributed by atoms with Gasteiger partial charge in [0.1, 0.15) is 0 Å². The third kappa shape index (κ3) is 3.46. The molecule has 0 bridgehead atoms. The number of nitrogens with one attached hydrogen (secondary N) is 2. The first-order chi connectivity index (χ1) is 8.70. The average Bonchev–Trinajstić information content (AvgIpc) is 2.96. The smallest absolute Gasteiger partial charge is 0.317 e. The van der Waals surface area contributed by atoms with Gasteiger partial charge in [-0.15, -0.1) is 11.3 Å². The Morgan fingerprint density at radius 3 is 3.17 bits per heavy atom. The summed E-state index contributed by atoms with van der Waals surface area (Å²) < 4.78 is 1.17. The second kappa shape index (κ2) is 6.54. The van der Waals surface area contributed by atoms with Gasteiger partial charge in [-0.25, -0.2) is 4.79 Å². The van der Waals surface area contributed by atoms with Gasteiger partial charge in [-0.3, -0.25) is 0 Å². The van der Waals surface area contributed by atoms with Gasteiger partial charge >= 0.3 is 6.03 Å². The Morgan fingerprint density at radius 2 is 2.50 bits per heavy atom. The summed E-state index contributed by atoms with van der Waals surface area (Å²) in [7, 11) is 0. The van der Waals surface area contributed by atoms with E-state index >= 15 is 0 Å². The minimum Gasteiger partial charge on any atom is -0.338 e. The molecule has 0 radical (unpaired) electrons. The lowest BCUT2D eigenvalue weighted by atomic mass is 10.2. The maximum atomic E-state index is 11.7. The first kappa shape index (κ1) is 13.8. The van der Waals surface area contributed by atoms with Gasteiger partial charge in [-0.1, -0.05) is 0 Å². The monoisotopic (exact) mass is 331 g/mol. The molecule has 0 spiro atoms. The topological polar surface area (TPSA) is 44.4 Å². The molecule has 2 rings (SSSR count). The van der Waals surface area contributed by atoms with Crippen LogP contribution in [-0.4, -0.2) is 36.6 Å². The second-order valence-corrected chi connectivity index (χ2v) is 6.19. The van der Waals surface area contributed by atoms with Crippen LogP contribution < -0.4 is 10.6 Å². The number of nitrogens with zero attached hydrogens (tertiary/aromatic N) is 1. The highest BCUT2D eigenvalue weighted by atomic mass is 79.9. The normalized spacial score (nSPS) is 19.2. The van der Waals surface area contributed by atoms with Gasteiger partial charge in [-0.2, -0.15) is 0 Å². The summed E-state index contributed by atoms with van der Waals surface area (Å²) in [6.45, 7) is 5.14. The van der Waals surface area contributed by atoms with Crippen molar-refractivity contribution in [2.24, 2.45) is 0 Å². The summed E-state index contributed by atoms with van der Waals surface area (Å²) in [5.74, 6) is 0. The number of hydrogen-bond donors (Lipinski definition) is 2. The lowest BCUT2D eigenvalue weighted by molar-refractivity contribution is 0.208. The van der Waals surface area contributed by atoms with E-state index in [1.807, 2.05) is 11.8 Å². The molecule has 4 nitrogen and oxygen atoms in total. The molecule has 1 aromatic rings. The van der Waals surface area contributed by atoms with Crippen LogP contribution in [-0.2, 0) is 6.54 Å². The number of hydrogen-bond acceptors (Lipinski definition) is 3. The fourth-order valence-electron chi connectivity index (χ4n) is 2.06. The Hall–Kier alpha value is -0.590. The van der Waals surface area contributed by atoms with E-state index in [4.69, 9.17) is 0 Å². The lowest BCUT2D eigenvalue weighted by Crippen LogP contribution is -2.40. The van der Waals surface area contributed by atoms with Gasteiger partial charge in [0.05, 0.1) is 0 Å². The average molecular weight is 332 g/mol. The number of carbonyl (C=O) groups excluding carboxylic acids is 1. The molecule has 1 saturated heterocycles. The Bertz CT molecular complexity index is 410. The number of rotatable bonds is 4. The maximum absolute atomic E-state index is 11.7. The summed E-state index contributed by atoms with van der Waals surface area (Å²) in [6.07, 6.45) is 1.03. The second-order valence-electron chi connectivity index (χ2n) is 4.34. The van der Waals surface area contributed by atoms with Crippen LogP contribution in [0, 0.1) is 0 Å². The molecule has 2 heterocycles. The number of carbonyl (C=O) groups is 1. The maximum Gasteiger partial charge on any atom is 0.317 e. The zero-order chi connectivity index (χ0) is 13.0. The molecule has 1 aliphatic rings. The van der Waals surface area contributed by atoms with Crippen molar-refractivity contribution in [1.29, 1.82) is 0 Å². The van der Waals surface area contributed by atoms with Crippen LogP contribution in [0.25, 0.3) is 0 Å². The summed E-state index contributed by atoms with van der Waals surface area (Å²) in [4.78, 5) is 14.9. The molecule has 0 aliphatic carbocycles. The predicted molar refractivity (Wildman–Crippen MR) is 77.9 cm³/mol. The van der Waals surface area contributed by atoms with E-state index in [9.17, 15) is 4.79 Å². The quantitative estimate of drug-likeness (QED) is 0.889. The third-order valence-electron chi connectivity index (χ3n) is 3.05. The fraction of sp³-hybridized carbons (Fsp3) is 0.583. The van der Waals surface area contributed by atoms with Crippen LogP contribution in [0.5, 0.6) is 0 Å². The molecule has 2 N–H and O–H groups in total. The number of amides is 2. The molecule has 18 heavy (non-hydrogen) atoms. The molecule has 1 aromatic heterocycles. The van der Waals surface area contributed by atoms with E-state index in [1.165, 1.54) is 9.35 Å². The van der Waals surface area contributed by atoms with Crippen molar-refractivity contribution in [2.75, 3.05) is 19.6 Å². The van der Waals surface area contributed by atoms with Crippen LogP contribution in [0.1, 0.15) is 18.2 Å². The van der Waals surface area contributed by atoms with E-state index in [-0.39, 0.29) is 6.03 Å². The molecule has 1 aliphatic heterocycles. The van der Waals surface area contributed by atoms with Crippen LogP contribution in [0.2, 0.25) is 0 Å². The summed E-state index contributed by atoms with van der Waals surface area (Å²) in [6, 6.07) is 2.53. The Balaban J connectivity index is 1.76. The number of thiophene rings is 1. The van der Waals surface area contributed by atoms with Crippen molar-refractivity contribution >= 4 is 33.3 Å². The lowest BCUT2D eigenvalue weighted by Gasteiger charge is -2.17. The van der Waals surface area contributed by atoms with Crippen LogP contribution in [0.3, 0.4) is 0 Å². The van der Waals surface area contributed by atoms with E-state index < -0.39 is 0 Å². The van der Waals surface area contributed by atoms with Crippen LogP contribution >= 0.6 is 27.3 Å². The van der Waals surface area contributed by atoms with Gasteiger partial charge in [0.25, 0.3) is 0 Å². The van der Waals surface area contributed by atoms with E-state index in [2.05, 4.69) is 38.0 Å². The molecule has 6 heteroatoms. The van der Waals surface area contributed by atoms with E-state index in [1.54, 1.807) is 11.3 Å². The van der Waals surface area contributed by atoms with Gasteiger partial charge in [-0.05, 0) is 40.7 Å². The Labute approximate surface area is 120 Å². The highest BCUT2D eigenvalue weighted by Crippen LogP contribution is 2.22. The van der Waals surface area contributed by atoms with Crippen molar-refractivity contribution in [2.45, 2.75) is 25.9 Å². The first-order valence-electron chi connectivity index (χ1n) is 6.18. The number of halogens is 1. The minimum absolute atomic E-state index is 0.0547. The van der Waals surface area contributed by atoms with Gasteiger partial charge in [0, 0.05) is 41.6 Å². The molecule has 100 valence electrons. The van der Waals surface area contributed by atoms with Crippen molar-refractivity contribution in [3.8, 4) is 0 Å². The highest BCUT2D eigenvalue weighted by molar-refractivity contribution is 9.10. The Morgan fingerprint density at radius 1 is 1.67 bits per heavy atom. The van der Waals surface area contributed by atoms with Crippen molar-refractivity contribution < 1.29 is 4.79 Å². The molecule has 2 amide bonds. The zero-order valence-corrected chi connectivity index (χ0v) is 12.8. The fourth-order valence-corrected chi connectivity index (χ4v) is 3.51. The molecular formula is C12H18BrN3OS. The molecular weight excluding hydrogens is 314 g/mol. The largest absolute Gasteiger partial charge is 0.338 e. The minimum atomic E-state index is 0.0547. The first-order valence-corrected chi connectivity index (χ1v) is 7.86. The van der Waals surface area contributed by atoms with E-state index in [0.717, 1.165) is 26.1 Å². The van der Waals surface area contributed by atoms with Gasteiger partial charge in [0.2, 0.25) is 0 Å². The predicted octanol–water partition coefficient (Wildman–Crippen LogP) is 2.40. The molecule has 0 aromatic carbocycles. The highest BCUT2D eigenvalue weighted by Gasteiger charge is 2.25. The van der Waals surface area contributed by atoms with Crippen LogP contribution in [0.4, 0.5) is 4.79 Å². The Kier molecular flexibility index (Phi) is 5.03. The molecule has 1 unspecified atom stereocenters. The zero-order valence-electron chi connectivity index (χ0n) is 10.4. The number of likely N-dealkylation sites (tertiary alicyclic amines) is 1. The summed E-state index contributed by atoms with van der Waals surface area (Å²) in [5.41, 5.74) is 0.